The van der Waals surface area contributed by atoms with E-state index < -0.39 is 0 Å². The van der Waals surface area contributed by atoms with E-state index in [9.17, 15) is 0 Å². The molecular formula is C16H25N3O. The quantitative estimate of drug-likeness (QED) is 0.377. The molecule has 0 aromatic heterocycles. The summed E-state index contributed by atoms with van der Waals surface area (Å²) in [5.74, 6) is 1.58. The number of nitrogens with two attached hydrogens (primary N) is 1. The molecule has 2 rings (SSSR count). The van der Waals surface area contributed by atoms with Crippen LogP contribution in [0.5, 0.6) is 0 Å². The zero-order chi connectivity index (χ0) is 14.9. The van der Waals surface area contributed by atoms with Crippen LogP contribution in [0.25, 0.3) is 0 Å². The smallest absolute Gasteiger partial charge is 0.170 e. The van der Waals surface area contributed by atoms with Crippen LogP contribution in [0.4, 0.5) is 5.69 Å². The maximum atomic E-state index is 8.79. The highest BCUT2D eigenvalue weighted by molar-refractivity contribution is 5.98. The van der Waals surface area contributed by atoms with E-state index in [1.54, 1.807) is 0 Å². The monoisotopic (exact) mass is 275 g/mol. The van der Waals surface area contributed by atoms with Crippen LogP contribution in [0, 0.1) is 18.8 Å². The van der Waals surface area contributed by atoms with Crippen LogP contribution in [-0.4, -0.2) is 23.6 Å². The molecule has 4 nitrogen and oxygen atoms in total. The molecule has 1 aromatic carbocycles. The van der Waals surface area contributed by atoms with E-state index in [-0.39, 0.29) is 5.84 Å². The highest BCUT2D eigenvalue weighted by Gasteiger charge is 2.29. The van der Waals surface area contributed by atoms with E-state index in [0.717, 1.165) is 17.7 Å². The molecule has 0 spiro atoms. The van der Waals surface area contributed by atoms with Crippen LogP contribution in [0.15, 0.2) is 23.4 Å². The zero-order valence-corrected chi connectivity index (χ0v) is 12.8. The van der Waals surface area contributed by atoms with Crippen molar-refractivity contribution in [3.05, 3.63) is 29.3 Å². The van der Waals surface area contributed by atoms with E-state index in [1.165, 1.54) is 12.1 Å². The van der Waals surface area contributed by atoms with Gasteiger partial charge in [-0.2, -0.15) is 0 Å². The van der Waals surface area contributed by atoms with Gasteiger partial charge >= 0.3 is 0 Å². The molecule has 20 heavy (non-hydrogen) atoms. The minimum Gasteiger partial charge on any atom is -0.409 e. The first-order chi connectivity index (χ1) is 9.43. The molecule has 1 saturated heterocycles. The van der Waals surface area contributed by atoms with Gasteiger partial charge in [0.05, 0.1) is 0 Å². The fourth-order valence-electron chi connectivity index (χ4n) is 3.22. The molecule has 0 amide bonds. The summed E-state index contributed by atoms with van der Waals surface area (Å²) in [6.07, 6.45) is 1.29. The molecule has 0 saturated carbocycles. The number of oxime groups is 1. The minimum atomic E-state index is 0.169. The molecule has 3 N–H and O–H groups in total. The fraction of sp³-hybridized carbons (Fsp3) is 0.562. The first-order valence-electron chi connectivity index (χ1n) is 7.29. The SMILES string of the molecule is Cc1cc(N2CC(C)CC(C)C2C)ccc1/C(N)=N/O. The number of piperidine rings is 1. The standard InChI is InChI=1S/C16H25N3O/c1-10-7-11(2)13(4)19(9-10)14-5-6-15(12(3)8-14)16(17)18-20/h5-6,8,10-11,13,20H,7,9H2,1-4H3,(H2,17,18). The fourth-order valence-corrected chi connectivity index (χ4v) is 3.22. The lowest BCUT2D eigenvalue weighted by molar-refractivity contribution is 0.297. The Balaban J connectivity index is 2.31. The molecular weight excluding hydrogens is 250 g/mol. The first kappa shape index (κ1) is 14.7. The molecule has 110 valence electrons. The zero-order valence-electron chi connectivity index (χ0n) is 12.8. The summed E-state index contributed by atoms with van der Waals surface area (Å²) in [6.45, 7) is 10.0. The average Bonchev–Trinajstić information content (AvgIpc) is 2.41. The van der Waals surface area contributed by atoms with Crippen LogP contribution in [-0.2, 0) is 0 Å². The third-order valence-electron chi connectivity index (χ3n) is 4.52. The lowest BCUT2D eigenvalue weighted by Gasteiger charge is -2.42. The van der Waals surface area contributed by atoms with Crippen LogP contribution in [0.2, 0.25) is 0 Å². The summed E-state index contributed by atoms with van der Waals surface area (Å²) in [4.78, 5) is 2.47. The Kier molecular flexibility index (Phi) is 4.21. The Morgan fingerprint density at radius 3 is 2.65 bits per heavy atom. The van der Waals surface area contributed by atoms with Gasteiger partial charge < -0.3 is 15.8 Å². The number of nitrogens with zero attached hydrogens (tertiary/aromatic N) is 2. The van der Waals surface area contributed by atoms with Crippen LogP contribution >= 0.6 is 0 Å². The number of amidine groups is 1. The number of hydrogen-bond donors (Lipinski definition) is 2. The largest absolute Gasteiger partial charge is 0.409 e. The normalized spacial score (nSPS) is 27.7. The summed E-state index contributed by atoms with van der Waals surface area (Å²) in [5, 5.41) is 11.9. The topological polar surface area (TPSA) is 61.8 Å². The van der Waals surface area contributed by atoms with E-state index in [2.05, 4.69) is 43.0 Å². The summed E-state index contributed by atoms with van der Waals surface area (Å²) >= 11 is 0. The molecule has 3 atom stereocenters. The average molecular weight is 275 g/mol. The third-order valence-corrected chi connectivity index (χ3v) is 4.52. The Hall–Kier alpha value is -1.71. The van der Waals surface area contributed by atoms with E-state index >= 15 is 0 Å². The minimum absolute atomic E-state index is 0.169. The van der Waals surface area contributed by atoms with Crippen LogP contribution in [0.1, 0.15) is 38.3 Å². The molecule has 0 bridgehead atoms. The Labute approximate surface area is 121 Å². The van der Waals surface area contributed by atoms with Crippen molar-refractivity contribution < 1.29 is 5.21 Å². The van der Waals surface area contributed by atoms with Crippen molar-refractivity contribution in [2.24, 2.45) is 22.7 Å². The Morgan fingerprint density at radius 1 is 1.35 bits per heavy atom. The third kappa shape index (κ3) is 2.74. The van der Waals surface area contributed by atoms with Gasteiger partial charge in [0, 0.05) is 23.8 Å². The van der Waals surface area contributed by atoms with Gasteiger partial charge in [-0.3, -0.25) is 0 Å². The maximum absolute atomic E-state index is 8.79. The summed E-state index contributed by atoms with van der Waals surface area (Å²) < 4.78 is 0. The van der Waals surface area contributed by atoms with Crippen molar-refractivity contribution in [1.82, 2.24) is 0 Å². The molecule has 1 fully saturated rings. The van der Waals surface area contributed by atoms with Gasteiger partial charge in [0.15, 0.2) is 5.84 Å². The maximum Gasteiger partial charge on any atom is 0.170 e. The predicted octanol–water partition coefficient (Wildman–Crippen LogP) is 2.96. The summed E-state index contributed by atoms with van der Waals surface area (Å²) in [7, 11) is 0. The van der Waals surface area contributed by atoms with Crippen molar-refractivity contribution in [3.63, 3.8) is 0 Å². The van der Waals surface area contributed by atoms with Crippen molar-refractivity contribution in [2.45, 2.75) is 40.2 Å². The summed E-state index contributed by atoms with van der Waals surface area (Å²) in [5.41, 5.74) is 8.74. The van der Waals surface area contributed by atoms with Crippen molar-refractivity contribution in [1.29, 1.82) is 0 Å². The molecule has 0 radical (unpaired) electrons. The molecule has 3 unspecified atom stereocenters. The Morgan fingerprint density at radius 2 is 2.05 bits per heavy atom. The van der Waals surface area contributed by atoms with Crippen LogP contribution in [0.3, 0.4) is 0 Å². The molecule has 1 aromatic rings. The highest BCUT2D eigenvalue weighted by Crippen LogP contribution is 2.32. The molecule has 4 heteroatoms. The highest BCUT2D eigenvalue weighted by atomic mass is 16.4. The van der Waals surface area contributed by atoms with Gasteiger partial charge in [-0.05, 0) is 55.9 Å². The molecule has 1 aliphatic heterocycles. The van der Waals surface area contributed by atoms with E-state index in [1.807, 2.05) is 13.0 Å². The van der Waals surface area contributed by atoms with Crippen molar-refractivity contribution in [2.75, 3.05) is 11.4 Å². The molecule has 1 heterocycles. The van der Waals surface area contributed by atoms with Crippen molar-refractivity contribution >= 4 is 11.5 Å². The van der Waals surface area contributed by atoms with E-state index in [4.69, 9.17) is 10.9 Å². The number of anilines is 1. The number of hydrogen-bond acceptors (Lipinski definition) is 3. The summed E-state index contributed by atoms with van der Waals surface area (Å²) in [6, 6.07) is 6.69. The van der Waals surface area contributed by atoms with Gasteiger partial charge in [0.2, 0.25) is 0 Å². The predicted molar refractivity (Wildman–Crippen MR) is 83.4 cm³/mol. The Bertz CT molecular complexity index is 512. The van der Waals surface area contributed by atoms with Gasteiger partial charge in [0.25, 0.3) is 0 Å². The van der Waals surface area contributed by atoms with Gasteiger partial charge in [0.1, 0.15) is 0 Å². The molecule has 0 aliphatic carbocycles. The lowest BCUT2D eigenvalue weighted by Crippen LogP contribution is -2.45. The van der Waals surface area contributed by atoms with Crippen LogP contribution < -0.4 is 10.6 Å². The van der Waals surface area contributed by atoms with Gasteiger partial charge in [-0.1, -0.05) is 19.0 Å². The second-order valence-corrected chi connectivity index (χ2v) is 6.20. The van der Waals surface area contributed by atoms with Gasteiger partial charge in [-0.25, -0.2) is 0 Å². The number of rotatable bonds is 2. The van der Waals surface area contributed by atoms with E-state index in [0.29, 0.717) is 17.9 Å². The lowest BCUT2D eigenvalue weighted by atomic mass is 9.85. The van der Waals surface area contributed by atoms with Gasteiger partial charge in [-0.15, -0.1) is 0 Å². The second-order valence-electron chi connectivity index (χ2n) is 6.20. The number of benzene rings is 1. The first-order valence-corrected chi connectivity index (χ1v) is 7.29. The second kappa shape index (κ2) is 5.73. The molecule has 1 aliphatic rings. The van der Waals surface area contributed by atoms with Crippen molar-refractivity contribution in [3.8, 4) is 0 Å². The number of aryl methyl sites for hydroxylation is 1.